The van der Waals surface area contributed by atoms with Crippen LogP contribution in [-0.2, 0) is 4.79 Å². The Morgan fingerprint density at radius 3 is 3.21 bits per heavy atom. The summed E-state index contributed by atoms with van der Waals surface area (Å²) in [4.78, 5) is 11.1. The van der Waals surface area contributed by atoms with Crippen molar-refractivity contribution in [2.45, 2.75) is 19.8 Å². The highest BCUT2D eigenvalue weighted by Crippen LogP contribution is 2.07. The van der Waals surface area contributed by atoms with E-state index in [2.05, 4.69) is 16.7 Å². The van der Waals surface area contributed by atoms with E-state index < -0.39 is 0 Å². The molecule has 0 atom stereocenters. The third-order valence-electron chi connectivity index (χ3n) is 2.22. The lowest BCUT2D eigenvalue weighted by Crippen LogP contribution is -2.25. The van der Waals surface area contributed by atoms with Gasteiger partial charge in [0.1, 0.15) is 0 Å². The van der Waals surface area contributed by atoms with Crippen LogP contribution in [0, 0.1) is 0 Å². The fourth-order valence-electron chi connectivity index (χ4n) is 1.45. The Morgan fingerprint density at radius 1 is 1.71 bits per heavy atom. The molecule has 78 valence electrons. The first kappa shape index (κ1) is 11.0. The van der Waals surface area contributed by atoms with Crippen molar-refractivity contribution in [1.29, 1.82) is 0 Å². The summed E-state index contributed by atoms with van der Waals surface area (Å²) in [5.41, 5.74) is 1.45. The lowest BCUT2D eigenvalue weighted by atomic mass is 10.1. The average molecular weight is 194 g/mol. The van der Waals surface area contributed by atoms with Gasteiger partial charge in [0.2, 0.25) is 5.91 Å². The molecule has 2 N–H and O–H groups in total. The predicted molar refractivity (Wildman–Crippen MR) is 58.0 cm³/mol. The van der Waals surface area contributed by atoms with E-state index in [1.54, 1.807) is 12.2 Å². The molecule has 1 heterocycles. The van der Waals surface area contributed by atoms with Crippen LogP contribution in [0.2, 0.25) is 0 Å². The van der Waals surface area contributed by atoms with Crippen molar-refractivity contribution in [1.82, 2.24) is 10.6 Å². The van der Waals surface area contributed by atoms with E-state index in [-0.39, 0.29) is 5.91 Å². The van der Waals surface area contributed by atoms with Crippen LogP contribution in [0.4, 0.5) is 0 Å². The third-order valence-corrected chi connectivity index (χ3v) is 2.22. The summed E-state index contributed by atoms with van der Waals surface area (Å²) in [6.45, 7) is 4.62. The van der Waals surface area contributed by atoms with Crippen molar-refractivity contribution in [3.63, 3.8) is 0 Å². The van der Waals surface area contributed by atoms with E-state index >= 15 is 0 Å². The summed E-state index contributed by atoms with van der Waals surface area (Å²) in [6, 6.07) is 0. The summed E-state index contributed by atoms with van der Waals surface area (Å²) < 4.78 is 0. The second-order valence-electron chi connectivity index (χ2n) is 3.36. The predicted octanol–water partition coefficient (Wildman–Crippen LogP) is 0.988. The van der Waals surface area contributed by atoms with Gasteiger partial charge in [0.15, 0.2) is 0 Å². The van der Waals surface area contributed by atoms with Crippen LogP contribution < -0.4 is 10.6 Å². The van der Waals surface area contributed by atoms with Crippen molar-refractivity contribution < 1.29 is 4.79 Å². The van der Waals surface area contributed by atoms with Crippen molar-refractivity contribution in [2.24, 2.45) is 0 Å². The molecule has 0 aromatic carbocycles. The lowest BCUT2D eigenvalue weighted by Gasteiger charge is -2.13. The van der Waals surface area contributed by atoms with Gasteiger partial charge in [-0.25, -0.2) is 0 Å². The molecule has 1 amide bonds. The topological polar surface area (TPSA) is 41.1 Å². The summed E-state index contributed by atoms with van der Waals surface area (Å²) in [7, 11) is 0. The fourth-order valence-corrected chi connectivity index (χ4v) is 1.45. The number of hydrogen-bond donors (Lipinski definition) is 2. The lowest BCUT2D eigenvalue weighted by molar-refractivity contribution is -0.116. The van der Waals surface area contributed by atoms with Crippen LogP contribution in [0.3, 0.4) is 0 Å². The molecule has 0 spiro atoms. The summed E-state index contributed by atoms with van der Waals surface area (Å²) >= 11 is 0. The van der Waals surface area contributed by atoms with Gasteiger partial charge in [0.25, 0.3) is 0 Å². The number of carbonyl (C=O) groups excluding carboxylic acids is 1. The Hall–Kier alpha value is -1.09. The van der Waals surface area contributed by atoms with E-state index in [9.17, 15) is 4.79 Å². The van der Waals surface area contributed by atoms with Crippen molar-refractivity contribution in [3.8, 4) is 0 Å². The highest BCUT2D eigenvalue weighted by Gasteiger charge is 2.02. The first-order chi connectivity index (χ1) is 6.83. The minimum atomic E-state index is 0.00188. The van der Waals surface area contributed by atoms with Gasteiger partial charge in [-0.15, -0.1) is 0 Å². The average Bonchev–Trinajstić information content (AvgIpc) is 2.20. The standard InChI is InChI=1S/C11H18N2O/c1-2-3-11(14)13-9-6-10-4-7-12-8-5-10/h2-4,12H,5-9H2,1H3,(H,13,14)/b3-2+. The molecular formula is C11H18N2O. The SMILES string of the molecule is C/C=C/C(=O)NCCC1=CCNCC1. The van der Waals surface area contributed by atoms with E-state index in [0.29, 0.717) is 0 Å². The van der Waals surface area contributed by atoms with Crippen molar-refractivity contribution in [3.05, 3.63) is 23.8 Å². The monoisotopic (exact) mass is 194 g/mol. The fraction of sp³-hybridized carbons (Fsp3) is 0.545. The Bertz CT molecular complexity index is 244. The second-order valence-corrected chi connectivity index (χ2v) is 3.36. The molecule has 0 radical (unpaired) electrons. The maximum absolute atomic E-state index is 11.1. The molecule has 0 bridgehead atoms. The maximum atomic E-state index is 11.1. The van der Waals surface area contributed by atoms with Gasteiger partial charge in [-0.2, -0.15) is 0 Å². The zero-order valence-electron chi connectivity index (χ0n) is 8.68. The molecule has 14 heavy (non-hydrogen) atoms. The van der Waals surface area contributed by atoms with E-state index in [1.165, 1.54) is 5.57 Å². The molecule has 0 aromatic heterocycles. The molecular weight excluding hydrogens is 176 g/mol. The highest BCUT2D eigenvalue weighted by molar-refractivity contribution is 5.87. The largest absolute Gasteiger partial charge is 0.352 e. The summed E-state index contributed by atoms with van der Waals surface area (Å²) in [6.07, 6.45) is 7.60. The molecule has 0 aromatic rings. The third kappa shape index (κ3) is 4.23. The van der Waals surface area contributed by atoms with Crippen LogP contribution in [0.5, 0.6) is 0 Å². The van der Waals surface area contributed by atoms with Gasteiger partial charge in [0.05, 0.1) is 0 Å². The van der Waals surface area contributed by atoms with Crippen LogP contribution in [0.25, 0.3) is 0 Å². The number of amides is 1. The molecule has 0 unspecified atom stereocenters. The number of nitrogens with one attached hydrogen (secondary N) is 2. The minimum Gasteiger partial charge on any atom is -0.352 e. The van der Waals surface area contributed by atoms with Gasteiger partial charge in [0, 0.05) is 13.1 Å². The smallest absolute Gasteiger partial charge is 0.243 e. The Kier molecular flexibility index (Phi) is 5.00. The second kappa shape index (κ2) is 6.38. The molecule has 0 fully saturated rings. The van der Waals surface area contributed by atoms with E-state index in [1.807, 2.05) is 6.92 Å². The molecule has 1 rings (SSSR count). The summed E-state index contributed by atoms with van der Waals surface area (Å²) in [5, 5.41) is 6.10. The van der Waals surface area contributed by atoms with Gasteiger partial charge in [-0.1, -0.05) is 17.7 Å². The van der Waals surface area contributed by atoms with Crippen LogP contribution in [-0.4, -0.2) is 25.5 Å². The Labute approximate surface area is 85.3 Å². The van der Waals surface area contributed by atoms with Crippen molar-refractivity contribution in [2.75, 3.05) is 19.6 Å². The first-order valence-corrected chi connectivity index (χ1v) is 5.12. The minimum absolute atomic E-state index is 0.00188. The molecule has 3 nitrogen and oxygen atoms in total. The van der Waals surface area contributed by atoms with E-state index in [4.69, 9.17) is 0 Å². The number of carbonyl (C=O) groups is 1. The molecule has 1 aliphatic rings. The molecule has 0 aliphatic carbocycles. The Morgan fingerprint density at radius 2 is 2.57 bits per heavy atom. The zero-order chi connectivity index (χ0) is 10.2. The van der Waals surface area contributed by atoms with Gasteiger partial charge in [-0.05, 0) is 32.4 Å². The highest BCUT2D eigenvalue weighted by atomic mass is 16.1. The quantitative estimate of drug-likeness (QED) is 0.517. The zero-order valence-corrected chi connectivity index (χ0v) is 8.68. The summed E-state index contributed by atoms with van der Waals surface area (Å²) in [5.74, 6) is 0.00188. The number of hydrogen-bond acceptors (Lipinski definition) is 2. The Balaban J connectivity index is 2.14. The van der Waals surface area contributed by atoms with Gasteiger partial charge >= 0.3 is 0 Å². The molecule has 3 heteroatoms. The molecule has 0 saturated heterocycles. The normalized spacial score (nSPS) is 16.8. The van der Waals surface area contributed by atoms with Crippen LogP contribution in [0.1, 0.15) is 19.8 Å². The number of allylic oxidation sites excluding steroid dienone is 1. The van der Waals surface area contributed by atoms with Gasteiger partial charge < -0.3 is 10.6 Å². The molecule has 0 saturated carbocycles. The van der Waals surface area contributed by atoms with Gasteiger partial charge in [-0.3, -0.25) is 4.79 Å². The van der Waals surface area contributed by atoms with Crippen LogP contribution in [0.15, 0.2) is 23.8 Å². The van der Waals surface area contributed by atoms with E-state index in [0.717, 1.165) is 32.5 Å². The first-order valence-electron chi connectivity index (χ1n) is 5.12. The molecule has 1 aliphatic heterocycles. The maximum Gasteiger partial charge on any atom is 0.243 e. The van der Waals surface area contributed by atoms with Crippen molar-refractivity contribution >= 4 is 5.91 Å². The number of rotatable bonds is 4. The van der Waals surface area contributed by atoms with Crippen LogP contribution >= 0.6 is 0 Å².